The number of aromatic nitrogens is 2. The van der Waals surface area contributed by atoms with E-state index in [0.29, 0.717) is 33.4 Å². The van der Waals surface area contributed by atoms with Crippen molar-refractivity contribution in [2.45, 2.75) is 32.8 Å². The van der Waals surface area contributed by atoms with E-state index in [4.69, 9.17) is 43.5 Å². The van der Waals surface area contributed by atoms with Gasteiger partial charge in [-0.25, -0.2) is 14.8 Å². The van der Waals surface area contributed by atoms with Gasteiger partial charge in [0.1, 0.15) is 30.2 Å². The van der Waals surface area contributed by atoms with Gasteiger partial charge in [-0.15, -0.1) is 5.48 Å². The normalized spacial score (nSPS) is 13.3. The summed E-state index contributed by atoms with van der Waals surface area (Å²) < 4.78 is 6.27. The fraction of sp³-hybridized carbons (Fsp3) is 0.273. The number of carbonyl (C=O) groups excluding carboxylic acids is 2. The molecular weight excluding hydrogens is 615 g/mol. The van der Waals surface area contributed by atoms with E-state index >= 15 is 0 Å². The lowest BCUT2D eigenvalue weighted by molar-refractivity contribution is -0.145. The maximum atomic E-state index is 12.9. The van der Waals surface area contributed by atoms with Crippen molar-refractivity contribution in [2.24, 2.45) is 0 Å². The number of para-hydroxylation sites is 1. The van der Waals surface area contributed by atoms with Crippen molar-refractivity contribution in [2.75, 3.05) is 42.2 Å². The highest BCUT2D eigenvalue weighted by Gasteiger charge is 2.20. The minimum atomic E-state index is -0.688. The first-order valence-electron chi connectivity index (χ1n) is 14.6. The number of hydroxylamine groups is 1. The maximum absolute atomic E-state index is 12.9. The summed E-state index contributed by atoms with van der Waals surface area (Å²) in [6.45, 7) is 3.80. The number of hydrogen-bond donors (Lipinski definition) is 2. The Morgan fingerprint density at radius 1 is 1.11 bits per heavy atom. The van der Waals surface area contributed by atoms with Crippen molar-refractivity contribution >= 4 is 69.2 Å². The Balaban J connectivity index is 1.24. The molecule has 10 nitrogen and oxygen atoms in total. The minimum absolute atomic E-state index is 0.0625. The second kappa shape index (κ2) is 14.6. The molecule has 2 aromatic carbocycles. The van der Waals surface area contributed by atoms with Gasteiger partial charge in [-0.2, -0.15) is 0 Å². The van der Waals surface area contributed by atoms with Gasteiger partial charge >= 0.3 is 5.97 Å². The summed E-state index contributed by atoms with van der Waals surface area (Å²) in [5.74, 6) is -0.0977. The number of nitrogen functional groups attached to an aromatic ring is 1. The Labute approximate surface area is 271 Å². The first-order chi connectivity index (χ1) is 21.7. The van der Waals surface area contributed by atoms with Crippen molar-refractivity contribution in [3.05, 3.63) is 87.7 Å². The van der Waals surface area contributed by atoms with Gasteiger partial charge in [0.2, 0.25) is 5.91 Å². The Bertz CT molecular complexity index is 1730. The molecule has 0 unspecified atom stereocenters. The lowest BCUT2D eigenvalue weighted by atomic mass is 10.1. The van der Waals surface area contributed by atoms with Crippen LogP contribution >= 0.6 is 23.2 Å². The van der Waals surface area contributed by atoms with E-state index in [9.17, 15) is 9.59 Å². The summed E-state index contributed by atoms with van der Waals surface area (Å²) >= 11 is 13.3. The lowest BCUT2D eigenvalue weighted by Gasteiger charge is -2.30. The van der Waals surface area contributed by atoms with E-state index in [2.05, 4.69) is 27.5 Å². The third-order valence-corrected chi connectivity index (χ3v) is 8.27. The predicted molar refractivity (Wildman–Crippen MR) is 179 cm³/mol. The Hall–Kier alpha value is -4.38. The van der Waals surface area contributed by atoms with Gasteiger partial charge in [-0.3, -0.25) is 4.79 Å². The van der Waals surface area contributed by atoms with Crippen LogP contribution in [-0.2, 0) is 21.0 Å². The van der Waals surface area contributed by atoms with Crippen molar-refractivity contribution in [3.63, 3.8) is 0 Å². The van der Waals surface area contributed by atoms with E-state index in [0.717, 1.165) is 35.4 Å². The number of piperidine rings is 1. The molecule has 45 heavy (non-hydrogen) atoms. The number of fused-ring (bicyclic) bond motifs is 1. The first kappa shape index (κ1) is 32.0. The van der Waals surface area contributed by atoms with Crippen LogP contribution in [-0.4, -0.2) is 48.5 Å². The highest BCUT2D eigenvalue weighted by Crippen LogP contribution is 2.37. The Morgan fingerprint density at radius 2 is 1.91 bits per heavy atom. The quantitative estimate of drug-likeness (QED) is 0.155. The van der Waals surface area contributed by atoms with Crippen LogP contribution in [0.1, 0.15) is 36.1 Å². The number of pyridine rings is 2. The van der Waals surface area contributed by atoms with E-state index in [-0.39, 0.29) is 18.2 Å². The number of aryl methyl sites for hydroxylation is 1. The second-order valence-corrected chi connectivity index (χ2v) is 11.5. The van der Waals surface area contributed by atoms with Crippen LogP contribution in [0.3, 0.4) is 0 Å². The molecular formula is C33H34Cl2N6O4. The molecule has 5 rings (SSSR count). The number of halogens is 2. The Morgan fingerprint density at radius 3 is 2.67 bits per heavy atom. The van der Waals surface area contributed by atoms with E-state index in [1.54, 1.807) is 31.3 Å². The highest BCUT2D eigenvalue weighted by atomic mass is 35.5. The molecule has 4 aromatic rings. The highest BCUT2D eigenvalue weighted by molar-refractivity contribution is 6.38. The fourth-order valence-electron chi connectivity index (χ4n) is 5.10. The summed E-state index contributed by atoms with van der Waals surface area (Å²) in [5.41, 5.74) is 12.4. The number of anilines is 3. The molecule has 1 aliphatic rings. The molecule has 0 spiro atoms. The zero-order chi connectivity index (χ0) is 31.9. The van der Waals surface area contributed by atoms with Crippen LogP contribution in [0.15, 0.2) is 60.8 Å². The number of benzene rings is 2. The minimum Gasteiger partial charge on any atom is -0.487 e. The topological polar surface area (TPSA) is 123 Å². The number of amides is 1. The lowest BCUT2D eigenvalue weighted by Crippen LogP contribution is -2.36. The van der Waals surface area contributed by atoms with Gasteiger partial charge in [0.15, 0.2) is 0 Å². The molecule has 0 atom stereocenters. The van der Waals surface area contributed by atoms with Gasteiger partial charge < -0.3 is 25.1 Å². The van der Waals surface area contributed by atoms with E-state index in [1.165, 1.54) is 42.5 Å². The van der Waals surface area contributed by atoms with Crippen molar-refractivity contribution in [1.82, 2.24) is 15.4 Å². The molecule has 1 saturated heterocycles. The number of ether oxygens (including phenoxy) is 1. The summed E-state index contributed by atoms with van der Waals surface area (Å²) in [6.07, 6.45) is 7.84. The number of carbonyl (C=O) groups is 2. The summed E-state index contributed by atoms with van der Waals surface area (Å²) in [4.78, 5) is 42.4. The fourth-order valence-corrected chi connectivity index (χ4v) is 5.71. The smallest absolute Gasteiger partial charge is 0.349 e. The largest absolute Gasteiger partial charge is 0.487 e. The molecule has 1 fully saturated rings. The standard InChI is InChI=1S/C33H34Cl2N6O4/c1-21-17-27(41-15-4-3-5-16-41)23-7-6-8-28(33(23)39-21)44-20-24-25(34)11-12-26(32(24)35)40(2)30(42)19-38-45-31(43)14-10-22-9-13-29(36)37-18-22/h6-14,17-18,38H,3-5,15-16,19-20H2,1-2H3,(H2,36,37)/b14-10+. The number of rotatable bonds is 10. The van der Waals surface area contributed by atoms with Crippen LogP contribution in [0.25, 0.3) is 17.0 Å². The predicted octanol–water partition coefficient (Wildman–Crippen LogP) is 6.12. The molecule has 3 N–H and O–H groups in total. The summed E-state index contributed by atoms with van der Waals surface area (Å²) in [7, 11) is 1.57. The second-order valence-electron chi connectivity index (χ2n) is 10.7. The van der Waals surface area contributed by atoms with Crippen LogP contribution in [0.2, 0.25) is 10.0 Å². The molecule has 0 saturated carbocycles. The van der Waals surface area contributed by atoms with Crippen molar-refractivity contribution in [3.8, 4) is 5.75 Å². The zero-order valence-corrected chi connectivity index (χ0v) is 26.6. The number of nitrogens with one attached hydrogen (secondary N) is 1. The average Bonchev–Trinajstić information content (AvgIpc) is 3.04. The molecule has 1 aliphatic heterocycles. The molecule has 2 aromatic heterocycles. The third-order valence-electron chi connectivity index (χ3n) is 7.50. The van der Waals surface area contributed by atoms with E-state index in [1.807, 2.05) is 19.1 Å². The van der Waals surface area contributed by atoms with Crippen LogP contribution in [0.4, 0.5) is 17.2 Å². The van der Waals surface area contributed by atoms with Gasteiger partial charge in [-0.1, -0.05) is 35.3 Å². The van der Waals surface area contributed by atoms with E-state index < -0.39 is 11.9 Å². The van der Waals surface area contributed by atoms with Gasteiger partial charge in [0.05, 0.1) is 10.7 Å². The average molecular weight is 650 g/mol. The number of hydrogen-bond acceptors (Lipinski definition) is 9. The molecule has 0 bridgehead atoms. The maximum Gasteiger partial charge on any atom is 0.349 e. The molecule has 234 valence electrons. The van der Waals surface area contributed by atoms with Crippen LogP contribution < -0.4 is 25.8 Å². The number of nitrogens with two attached hydrogens (primary N) is 1. The first-order valence-corrected chi connectivity index (χ1v) is 15.3. The zero-order valence-electron chi connectivity index (χ0n) is 25.1. The van der Waals surface area contributed by atoms with Gasteiger partial charge in [0.25, 0.3) is 0 Å². The Kier molecular flexibility index (Phi) is 10.4. The summed E-state index contributed by atoms with van der Waals surface area (Å²) in [5, 5.41) is 1.70. The van der Waals surface area contributed by atoms with Gasteiger partial charge in [-0.05, 0) is 74.2 Å². The van der Waals surface area contributed by atoms with Gasteiger partial charge in [0, 0.05) is 59.8 Å². The summed E-state index contributed by atoms with van der Waals surface area (Å²) in [6, 6.07) is 14.7. The molecule has 0 radical (unpaired) electrons. The number of nitrogens with zero attached hydrogens (tertiary/aromatic N) is 4. The van der Waals surface area contributed by atoms with Crippen LogP contribution in [0.5, 0.6) is 5.75 Å². The molecule has 12 heteroatoms. The van der Waals surface area contributed by atoms with Crippen LogP contribution in [0, 0.1) is 6.92 Å². The third kappa shape index (κ3) is 7.83. The molecule has 0 aliphatic carbocycles. The SMILES string of the molecule is Cc1cc(N2CCCCC2)c2cccc(OCc3c(Cl)ccc(N(C)C(=O)CNOC(=O)/C=C/c4ccc(N)nc4)c3Cl)c2n1. The molecule has 3 heterocycles. The van der Waals surface area contributed by atoms with Crippen molar-refractivity contribution in [1.29, 1.82) is 0 Å². The number of likely N-dealkylation sites (N-methyl/N-ethyl adjacent to an activating group) is 1. The monoisotopic (exact) mass is 648 g/mol. The molecule has 1 amide bonds. The van der Waals surface area contributed by atoms with Crippen molar-refractivity contribution < 1.29 is 19.2 Å².